The fourth-order valence-electron chi connectivity index (χ4n) is 5.87. The van der Waals surface area contributed by atoms with E-state index in [1.54, 1.807) is 42.4 Å². The summed E-state index contributed by atoms with van der Waals surface area (Å²) in [5.41, 5.74) is 6.42. The summed E-state index contributed by atoms with van der Waals surface area (Å²) in [7, 11) is 1.92. The van der Waals surface area contributed by atoms with Crippen molar-refractivity contribution in [1.82, 2.24) is 19.7 Å². The first-order chi connectivity index (χ1) is 22.5. The molecule has 1 aromatic heterocycles. The molecule has 4 aromatic carbocycles. The van der Waals surface area contributed by atoms with Crippen LogP contribution in [-0.4, -0.2) is 48.4 Å². The Kier molecular flexibility index (Phi) is 8.51. The Bertz CT molecular complexity index is 1860. The Hall–Kier alpha value is -4.61. The summed E-state index contributed by atoms with van der Waals surface area (Å²) in [6, 6.07) is 30.7. The molecule has 7 rings (SSSR count). The molecule has 0 spiro atoms. The number of carbonyl (C=O) groups is 2. The van der Waals surface area contributed by atoms with Crippen LogP contribution in [0.5, 0.6) is 0 Å². The molecule has 232 valence electrons. The minimum absolute atomic E-state index is 0.0131. The molecule has 2 aliphatic heterocycles. The SMILES string of the molecule is Cn1cnnc1SCC1CC(c2ccc(CO)cc2)OC(c2cccc(-c3cccc(CN4C(=O)c5ccccc5C4=O)c3)c2)O1. The van der Waals surface area contributed by atoms with Crippen molar-refractivity contribution in [2.75, 3.05) is 5.75 Å². The van der Waals surface area contributed by atoms with E-state index in [2.05, 4.69) is 16.3 Å². The second-order valence-electron chi connectivity index (χ2n) is 11.5. The zero-order valence-electron chi connectivity index (χ0n) is 25.2. The molecule has 3 unspecified atom stereocenters. The van der Waals surface area contributed by atoms with E-state index in [1.165, 1.54) is 4.90 Å². The molecular formula is C36H32N4O5S. The highest BCUT2D eigenvalue weighted by atomic mass is 32.2. The van der Waals surface area contributed by atoms with Gasteiger partial charge in [0, 0.05) is 24.8 Å². The Morgan fingerprint density at radius 3 is 2.24 bits per heavy atom. The standard InChI is InChI=1S/C36H32N4O5S/c1-39-22-37-38-36(39)46-21-29-18-32(25-14-12-23(20-41)13-15-25)45-35(44-29)28-9-5-8-27(17-28)26-7-4-6-24(16-26)19-40-33(42)30-10-2-3-11-31(30)34(40)43/h2-17,22,29,32,35,41H,18-21H2,1H3. The maximum atomic E-state index is 13.0. The summed E-state index contributed by atoms with van der Waals surface area (Å²) in [6.07, 6.45) is 1.42. The Labute approximate surface area is 270 Å². The van der Waals surface area contributed by atoms with Crippen LogP contribution in [0.2, 0.25) is 0 Å². The summed E-state index contributed by atoms with van der Waals surface area (Å²) < 4.78 is 15.0. The van der Waals surface area contributed by atoms with Crippen LogP contribution in [0.4, 0.5) is 0 Å². The Balaban J connectivity index is 1.12. The lowest BCUT2D eigenvalue weighted by Crippen LogP contribution is -2.31. The fourth-order valence-corrected chi connectivity index (χ4v) is 6.78. The number of carbonyl (C=O) groups excluding carboxylic acids is 2. The zero-order valence-corrected chi connectivity index (χ0v) is 26.0. The monoisotopic (exact) mass is 632 g/mol. The molecule has 46 heavy (non-hydrogen) atoms. The number of benzene rings is 4. The number of nitrogens with zero attached hydrogens (tertiary/aromatic N) is 4. The van der Waals surface area contributed by atoms with Crippen molar-refractivity contribution >= 4 is 23.6 Å². The van der Waals surface area contributed by atoms with Gasteiger partial charge in [0.2, 0.25) is 0 Å². The molecule has 1 fully saturated rings. The number of rotatable bonds is 9. The maximum absolute atomic E-state index is 13.0. The zero-order chi connectivity index (χ0) is 31.6. The first kappa shape index (κ1) is 30.1. The van der Waals surface area contributed by atoms with Crippen molar-refractivity contribution in [3.05, 3.63) is 137 Å². The van der Waals surface area contributed by atoms with Crippen molar-refractivity contribution in [3.63, 3.8) is 0 Å². The molecule has 2 amide bonds. The van der Waals surface area contributed by atoms with Crippen LogP contribution in [0.3, 0.4) is 0 Å². The van der Waals surface area contributed by atoms with Crippen LogP contribution < -0.4 is 0 Å². The normalized spacial score (nSPS) is 19.4. The van der Waals surface area contributed by atoms with Crippen molar-refractivity contribution in [2.24, 2.45) is 7.05 Å². The summed E-state index contributed by atoms with van der Waals surface area (Å²) in [5, 5.41) is 18.5. The van der Waals surface area contributed by atoms with E-state index in [4.69, 9.17) is 9.47 Å². The molecule has 0 bridgehead atoms. The van der Waals surface area contributed by atoms with Crippen LogP contribution in [0.15, 0.2) is 109 Å². The minimum atomic E-state index is -0.608. The van der Waals surface area contributed by atoms with Crippen LogP contribution >= 0.6 is 11.8 Å². The van der Waals surface area contributed by atoms with Gasteiger partial charge in [-0.05, 0) is 52.1 Å². The summed E-state index contributed by atoms with van der Waals surface area (Å²) in [4.78, 5) is 27.2. The quantitative estimate of drug-likeness (QED) is 0.153. The maximum Gasteiger partial charge on any atom is 0.261 e. The van der Waals surface area contributed by atoms with Crippen molar-refractivity contribution < 1.29 is 24.2 Å². The van der Waals surface area contributed by atoms with Gasteiger partial charge >= 0.3 is 0 Å². The Morgan fingerprint density at radius 2 is 1.54 bits per heavy atom. The number of fused-ring (bicyclic) bond motifs is 1. The van der Waals surface area contributed by atoms with E-state index in [0.717, 1.165) is 38.5 Å². The number of thioether (sulfide) groups is 1. The lowest BCUT2D eigenvalue weighted by atomic mass is 9.99. The van der Waals surface area contributed by atoms with Gasteiger partial charge in [-0.2, -0.15) is 0 Å². The van der Waals surface area contributed by atoms with Gasteiger partial charge < -0.3 is 19.1 Å². The number of imide groups is 1. The second-order valence-corrected chi connectivity index (χ2v) is 12.4. The van der Waals surface area contributed by atoms with Gasteiger partial charge in [-0.15, -0.1) is 10.2 Å². The van der Waals surface area contributed by atoms with E-state index >= 15 is 0 Å². The number of ether oxygens (including phenoxy) is 2. The number of amides is 2. The molecule has 3 atom stereocenters. The van der Waals surface area contributed by atoms with Crippen LogP contribution in [0.1, 0.15) is 61.8 Å². The van der Waals surface area contributed by atoms with E-state index in [9.17, 15) is 14.7 Å². The first-order valence-corrected chi connectivity index (χ1v) is 16.1. The van der Waals surface area contributed by atoms with Gasteiger partial charge in [0.1, 0.15) is 6.33 Å². The molecule has 5 aromatic rings. The van der Waals surface area contributed by atoms with Gasteiger partial charge in [-0.1, -0.05) is 84.6 Å². The highest BCUT2D eigenvalue weighted by Crippen LogP contribution is 2.40. The van der Waals surface area contributed by atoms with Crippen molar-refractivity contribution in [1.29, 1.82) is 0 Å². The average Bonchev–Trinajstić information content (AvgIpc) is 3.63. The van der Waals surface area contributed by atoms with Gasteiger partial charge in [-0.25, -0.2) is 0 Å². The molecule has 2 aliphatic rings. The number of aryl methyl sites for hydroxylation is 1. The van der Waals surface area contributed by atoms with E-state index in [1.807, 2.05) is 78.3 Å². The molecule has 9 nitrogen and oxygen atoms in total. The third-order valence-electron chi connectivity index (χ3n) is 8.32. The third-order valence-corrected chi connectivity index (χ3v) is 9.49. The van der Waals surface area contributed by atoms with E-state index < -0.39 is 6.29 Å². The molecule has 0 saturated carbocycles. The molecule has 1 N–H and O–H groups in total. The summed E-state index contributed by atoms with van der Waals surface area (Å²) in [5.74, 6) is 0.135. The highest BCUT2D eigenvalue weighted by molar-refractivity contribution is 7.99. The molecule has 0 aliphatic carbocycles. The van der Waals surface area contributed by atoms with Crippen molar-refractivity contribution in [3.8, 4) is 11.1 Å². The molecule has 1 saturated heterocycles. The predicted octanol–water partition coefficient (Wildman–Crippen LogP) is 6.11. The summed E-state index contributed by atoms with van der Waals surface area (Å²) in [6.45, 7) is 0.178. The minimum Gasteiger partial charge on any atom is -0.392 e. The fraction of sp³-hybridized carbons (Fsp3) is 0.222. The number of aromatic nitrogens is 3. The third kappa shape index (κ3) is 6.12. The molecular weight excluding hydrogens is 600 g/mol. The lowest BCUT2D eigenvalue weighted by molar-refractivity contribution is -0.245. The molecule has 0 radical (unpaired) electrons. The number of hydrogen-bond donors (Lipinski definition) is 1. The van der Waals surface area contributed by atoms with Gasteiger partial charge in [0.15, 0.2) is 11.4 Å². The Morgan fingerprint density at radius 1 is 0.826 bits per heavy atom. The van der Waals surface area contributed by atoms with Gasteiger partial charge in [0.25, 0.3) is 11.8 Å². The van der Waals surface area contributed by atoms with Gasteiger partial charge in [0.05, 0.1) is 36.5 Å². The molecule has 10 heteroatoms. The van der Waals surface area contributed by atoms with Crippen molar-refractivity contribution in [2.45, 2.75) is 43.2 Å². The van der Waals surface area contributed by atoms with Gasteiger partial charge in [-0.3, -0.25) is 14.5 Å². The first-order valence-electron chi connectivity index (χ1n) is 15.1. The van der Waals surface area contributed by atoms with Crippen LogP contribution in [0, 0.1) is 0 Å². The largest absolute Gasteiger partial charge is 0.392 e. The second kappa shape index (κ2) is 13.0. The topological polar surface area (TPSA) is 107 Å². The number of hydrogen-bond acceptors (Lipinski definition) is 8. The van der Waals surface area contributed by atoms with E-state index in [-0.39, 0.29) is 37.2 Å². The van der Waals surface area contributed by atoms with E-state index in [0.29, 0.717) is 23.3 Å². The predicted molar refractivity (Wildman–Crippen MR) is 173 cm³/mol. The number of aliphatic hydroxyl groups excluding tert-OH is 1. The average molecular weight is 633 g/mol. The number of aliphatic hydroxyl groups is 1. The van der Waals surface area contributed by atoms with Crippen LogP contribution in [0.25, 0.3) is 11.1 Å². The molecule has 3 heterocycles. The highest BCUT2D eigenvalue weighted by Gasteiger charge is 2.35. The summed E-state index contributed by atoms with van der Waals surface area (Å²) >= 11 is 1.60. The smallest absolute Gasteiger partial charge is 0.261 e. The van der Waals surface area contributed by atoms with Crippen LogP contribution in [-0.2, 0) is 29.7 Å². The lowest BCUT2D eigenvalue weighted by Gasteiger charge is -2.36.